The summed E-state index contributed by atoms with van der Waals surface area (Å²) in [7, 11) is 1.52. The second-order valence-corrected chi connectivity index (χ2v) is 7.17. The average molecular weight is 459 g/mol. The molecule has 2 amide bonds. The van der Waals surface area contributed by atoms with Gasteiger partial charge in [0.25, 0.3) is 11.8 Å². The van der Waals surface area contributed by atoms with Gasteiger partial charge in [-0.25, -0.2) is 0 Å². The number of hydrogen-bond acceptors (Lipinski definition) is 7. The minimum Gasteiger partial charge on any atom is -0.545 e. The molecule has 3 aromatic rings. The van der Waals surface area contributed by atoms with Crippen LogP contribution in [0, 0.1) is 0 Å². The summed E-state index contributed by atoms with van der Waals surface area (Å²) in [6.45, 7) is 0.103. The van der Waals surface area contributed by atoms with Crippen LogP contribution in [0.15, 0.2) is 72.4 Å². The number of carboxylic acid groups (broad SMARTS) is 1. The monoisotopic (exact) mass is 459 g/mol. The van der Waals surface area contributed by atoms with E-state index >= 15 is 0 Å². The van der Waals surface area contributed by atoms with Crippen LogP contribution in [-0.2, 0) is 4.79 Å². The van der Waals surface area contributed by atoms with Crippen molar-refractivity contribution in [1.29, 1.82) is 0 Å². The smallest absolute Gasteiger partial charge is 0.272 e. The van der Waals surface area contributed by atoms with Gasteiger partial charge >= 0.3 is 0 Å². The first-order chi connectivity index (χ1) is 16.4. The van der Waals surface area contributed by atoms with Gasteiger partial charge in [0.2, 0.25) is 6.79 Å². The lowest BCUT2D eigenvalue weighted by Crippen LogP contribution is -2.30. The van der Waals surface area contributed by atoms with Crippen LogP contribution >= 0.6 is 0 Å². The predicted octanol–water partition coefficient (Wildman–Crippen LogP) is 2.20. The lowest BCUT2D eigenvalue weighted by molar-refractivity contribution is -0.255. The highest BCUT2D eigenvalue weighted by atomic mass is 16.7. The van der Waals surface area contributed by atoms with Gasteiger partial charge in [-0.2, -0.15) is 0 Å². The Morgan fingerprint density at radius 3 is 2.26 bits per heavy atom. The van der Waals surface area contributed by atoms with E-state index in [4.69, 9.17) is 14.2 Å². The normalized spacial score (nSPS) is 12.1. The molecule has 9 heteroatoms. The lowest BCUT2D eigenvalue weighted by atomic mass is 10.1. The van der Waals surface area contributed by atoms with E-state index in [0.717, 1.165) is 0 Å². The molecule has 0 spiro atoms. The number of amides is 2. The first kappa shape index (κ1) is 22.4. The number of hydrogen-bond donors (Lipinski definition) is 2. The molecule has 0 saturated carbocycles. The van der Waals surface area contributed by atoms with E-state index in [2.05, 4.69) is 10.6 Å². The molecule has 34 heavy (non-hydrogen) atoms. The van der Waals surface area contributed by atoms with E-state index in [1.807, 2.05) is 0 Å². The third-order valence-electron chi connectivity index (χ3n) is 4.93. The van der Waals surface area contributed by atoms with E-state index in [-0.39, 0.29) is 18.1 Å². The van der Waals surface area contributed by atoms with Crippen LogP contribution < -0.4 is 30.0 Å². The van der Waals surface area contributed by atoms with Crippen LogP contribution in [0.4, 0.5) is 5.69 Å². The highest BCUT2D eigenvalue weighted by Gasteiger charge is 2.17. The standard InChI is InChI=1S/C25H20N2O7/c1-32-19-9-5-16(6-10-19)23(28)27-20(12-15-2-11-21-22(13-15)34-14-33-21)24(29)26-18-7-3-17(4-8-18)25(30)31/h2-13H,14H2,1H3,(H,26,29)(H,27,28)(H,30,31)/p-1/b20-12+. The molecule has 0 aliphatic carbocycles. The summed E-state index contributed by atoms with van der Waals surface area (Å²) in [5.74, 6) is -0.748. The number of nitrogens with one attached hydrogen (secondary N) is 2. The zero-order chi connectivity index (χ0) is 24.1. The molecule has 1 heterocycles. The van der Waals surface area contributed by atoms with Gasteiger partial charge in [-0.15, -0.1) is 0 Å². The van der Waals surface area contributed by atoms with Crippen LogP contribution in [-0.4, -0.2) is 31.7 Å². The van der Waals surface area contributed by atoms with Crippen molar-refractivity contribution in [2.75, 3.05) is 19.2 Å². The third kappa shape index (κ3) is 5.16. The van der Waals surface area contributed by atoms with Crippen molar-refractivity contribution >= 4 is 29.5 Å². The second kappa shape index (κ2) is 9.78. The molecule has 0 saturated heterocycles. The highest BCUT2D eigenvalue weighted by molar-refractivity contribution is 6.10. The fraction of sp³-hybridized carbons (Fsp3) is 0.0800. The first-order valence-corrected chi connectivity index (χ1v) is 10.1. The van der Waals surface area contributed by atoms with E-state index in [0.29, 0.717) is 34.1 Å². The number of carbonyl (C=O) groups is 3. The molecule has 0 atom stereocenters. The summed E-state index contributed by atoms with van der Waals surface area (Å²) in [5, 5.41) is 16.2. The van der Waals surface area contributed by atoms with Crippen LogP contribution in [0.5, 0.6) is 17.2 Å². The minimum atomic E-state index is -1.33. The van der Waals surface area contributed by atoms with Crippen molar-refractivity contribution < 1.29 is 33.7 Å². The van der Waals surface area contributed by atoms with Crippen LogP contribution in [0.25, 0.3) is 6.08 Å². The molecule has 0 aromatic heterocycles. The number of carbonyl (C=O) groups excluding carboxylic acids is 3. The fourth-order valence-electron chi connectivity index (χ4n) is 3.15. The number of fused-ring (bicyclic) bond motifs is 1. The van der Waals surface area contributed by atoms with Crippen LogP contribution in [0.3, 0.4) is 0 Å². The Balaban J connectivity index is 1.60. The zero-order valence-corrected chi connectivity index (χ0v) is 18.0. The summed E-state index contributed by atoms with van der Waals surface area (Å²) < 4.78 is 15.8. The molecule has 1 aliphatic heterocycles. The number of aromatic carboxylic acids is 1. The van der Waals surface area contributed by atoms with Crippen molar-refractivity contribution in [1.82, 2.24) is 5.32 Å². The zero-order valence-electron chi connectivity index (χ0n) is 18.0. The van der Waals surface area contributed by atoms with Gasteiger partial charge in [0.15, 0.2) is 11.5 Å². The van der Waals surface area contributed by atoms with Gasteiger partial charge in [0, 0.05) is 11.3 Å². The van der Waals surface area contributed by atoms with E-state index in [1.54, 1.807) is 42.5 Å². The maximum atomic E-state index is 13.0. The second-order valence-electron chi connectivity index (χ2n) is 7.17. The lowest BCUT2D eigenvalue weighted by Gasteiger charge is -2.12. The Morgan fingerprint density at radius 1 is 0.912 bits per heavy atom. The quantitative estimate of drug-likeness (QED) is 0.519. The minimum absolute atomic E-state index is 0.0260. The Bertz CT molecular complexity index is 1270. The molecule has 0 radical (unpaired) electrons. The molecular weight excluding hydrogens is 440 g/mol. The van der Waals surface area contributed by atoms with Crippen molar-refractivity contribution in [3.63, 3.8) is 0 Å². The number of anilines is 1. The Morgan fingerprint density at radius 2 is 1.59 bits per heavy atom. The van der Waals surface area contributed by atoms with Crippen molar-refractivity contribution in [2.24, 2.45) is 0 Å². The third-order valence-corrected chi connectivity index (χ3v) is 4.93. The van der Waals surface area contributed by atoms with Gasteiger partial charge < -0.3 is 34.7 Å². The molecule has 0 bridgehead atoms. The molecule has 9 nitrogen and oxygen atoms in total. The number of methoxy groups -OCH3 is 1. The maximum absolute atomic E-state index is 13.0. The van der Waals surface area contributed by atoms with Gasteiger partial charge in [-0.3, -0.25) is 9.59 Å². The first-order valence-electron chi connectivity index (χ1n) is 10.1. The summed E-state index contributed by atoms with van der Waals surface area (Å²) in [4.78, 5) is 36.8. The largest absolute Gasteiger partial charge is 0.545 e. The van der Waals surface area contributed by atoms with Gasteiger partial charge in [0.05, 0.1) is 13.1 Å². The molecule has 172 valence electrons. The molecule has 1 aliphatic rings. The summed E-state index contributed by atoms with van der Waals surface area (Å²) in [6, 6.07) is 17.0. The van der Waals surface area contributed by atoms with Crippen molar-refractivity contribution in [2.45, 2.75) is 0 Å². The molecule has 3 aromatic carbocycles. The van der Waals surface area contributed by atoms with Crippen LogP contribution in [0.2, 0.25) is 0 Å². The SMILES string of the molecule is COc1ccc(C(=O)N/C(=C/c2ccc3c(c2)OCO3)C(=O)Nc2ccc(C(=O)[O-])cc2)cc1. The number of rotatable bonds is 7. The van der Waals surface area contributed by atoms with Crippen molar-refractivity contribution in [3.8, 4) is 17.2 Å². The Hall–Kier alpha value is -4.79. The number of benzene rings is 3. The topological polar surface area (TPSA) is 126 Å². The summed E-state index contributed by atoms with van der Waals surface area (Å²) in [5.41, 5.74) is 1.19. The van der Waals surface area contributed by atoms with E-state index in [1.165, 1.54) is 37.5 Å². The molecular formula is C25H19N2O7-. The average Bonchev–Trinajstić information content (AvgIpc) is 3.32. The van der Waals surface area contributed by atoms with Gasteiger partial charge in [-0.1, -0.05) is 18.2 Å². The molecule has 0 unspecified atom stereocenters. The summed E-state index contributed by atoms with van der Waals surface area (Å²) >= 11 is 0. The number of ether oxygens (including phenoxy) is 3. The van der Waals surface area contributed by atoms with Gasteiger partial charge in [0.1, 0.15) is 11.4 Å². The predicted molar refractivity (Wildman–Crippen MR) is 120 cm³/mol. The van der Waals surface area contributed by atoms with E-state index in [9.17, 15) is 19.5 Å². The fourth-order valence-corrected chi connectivity index (χ4v) is 3.15. The maximum Gasteiger partial charge on any atom is 0.272 e. The van der Waals surface area contributed by atoms with E-state index < -0.39 is 17.8 Å². The summed E-state index contributed by atoms with van der Waals surface area (Å²) in [6.07, 6.45) is 1.49. The van der Waals surface area contributed by atoms with Crippen molar-refractivity contribution in [3.05, 3.63) is 89.1 Å². The number of carboxylic acids is 1. The Labute approximate surface area is 194 Å². The Kier molecular flexibility index (Phi) is 6.45. The van der Waals surface area contributed by atoms with Crippen LogP contribution in [0.1, 0.15) is 26.3 Å². The molecule has 2 N–H and O–H groups in total. The highest BCUT2D eigenvalue weighted by Crippen LogP contribution is 2.33. The molecule has 4 rings (SSSR count). The van der Waals surface area contributed by atoms with Gasteiger partial charge in [-0.05, 0) is 65.7 Å². The molecule has 0 fully saturated rings.